The highest BCUT2D eigenvalue weighted by molar-refractivity contribution is 5.40. The van der Waals surface area contributed by atoms with E-state index in [0.29, 0.717) is 30.1 Å². The summed E-state index contributed by atoms with van der Waals surface area (Å²) in [6.07, 6.45) is 4.02. The van der Waals surface area contributed by atoms with Gasteiger partial charge in [-0.25, -0.2) is 13.8 Å². The molecule has 24 heavy (non-hydrogen) atoms. The minimum atomic E-state index is -0.527. The molecule has 0 aliphatic carbocycles. The fourth-order valence-corrected chi connectivity index (χ4v) is 2.52. The average molecular weight is 336 g/mol. The molecule has 0 saturated heterocycles. The maximum absolute atomic E-state index is 14.4. The molecule has 0 atom stereocenters. The van der Waals surface area contributed by atoms with Gasteiger partial charge in [-0.1, -0.05) is 27.7 Å². The van der Waals surface area contributed by atoms with Crippen molar-refractivity contribution < 1.29 is 18.4 Å². The van der Waals surface area contributed by atoms with Crippen molar-refractivity contribution in [1.29, 1.82) is 0 Å². The zero-order chi connectivity index (χ0) is 18.3. The van der Waals surface area contributed by atoms with Gasteiger partial charge in [0.25, 0.3) is 0 Å². The second-order valence-electron chi connectivity index (χ2n) is 5.81. The first kappa shape index (κ1) is 19.7. The van der Waals surface area contributed by atoms with Crippen molar-refractivity contribution in [1.82, 2.24) is 9.55 Å². The van der Waals surface area contributed by atoms with Gasteiger partial charge in [-0.05, 0) is 36.5 Å². The van der Waals surface area contributed by atoms with Crippen LogP contribution < -0.4 is 0 Å². The lowest BCUT2D eigenvalue weighted by molar-refractivity contribution is -0.191. The largest absolute Gasteiger partial charge is 0.373 e. The summed E-state index contributed by atoms with van der Waals surface area (Å²) in [7, 11) is 0. The number of carbonyl (C=O) groups excluding carboxylic acids is 2. The Labute approximate surface area is 140 Å². The van der Waals surface area contributed by atoms with Crippen LogP contribution in [-0.2, 0) is 28.9 Å². The highest BCUT2D eigenvalue weighted by Gasteiger charge is 2.17. The Bertz CT molecular complexity index is 695. The van der Waals surface area contributed by atoms with Crippen molar-refractivity contribution in [3.05, 3.63) is 47.0 Å². The predicted molar refractivity (Wildman–Crippen MR) is 85.8 cm³/mol. The Morgan fingerprint density at radius 2 is 1.67 bits per heavy atom. The van der Waals surface area contributed by atoms with E-state index in [4.69, 9.17) is 9.59 Å². The van der Waals surface area contributed by atoms with Gasteiger partial charge >= 0.3 is 6.15 Å². The topological polar surface area (TPSA) is 52.0 Å². The zero-order valence-electron chi connectivity index (χ0n) is 14.4. The third kappa shape index (κ3) is 4.83. The maximum Gasteiger partial charge on any atom is 0.373 e. The summed E-state index contributed by atoms with van der Waals surface area (Å²) in [5, 5.41) is 0. The third-order valence-electron chi connectivity index (χ3n) is 3.47. The molecule has 4 nitrogen and oxygen atoms in total. The molecule has 0 aliphatic heterocycles. The van der Waals surface area contributed by atoms with Crippen LogP contribution in [0.15, 0.2) is 18.3 Å². The quantitative estimate of drug-likeness (QED) is 0.832. The third-order valence-corrected chi connectivity index (χ3v) is 3.47. The van der Waals surface area contributed by atoms with E-state index in [1.165, 1.54) is 12.1 Å². The fourth-order valence-electron chi connectivity index (χ4n) is 2.52. The second kappa shape index (κ2) is 9.08. The van der Waals surface area contributed by atoms with E-state index in [1.807, 2.05) is 27.7 Å². The summed E-state index contributed by atoms with van der Waals surface area (Å²) in [5.41, 5.74) is 1.51. The lowest BCUT2D eigenvalue weighted by Crippen LogP contribution is -2.06. The highest BCUT2D eigenvalue weighted by Crippen LogP contribution is 2.23. The smallest absolute Gasteiger partial charge is 0.298 e. The number of aryl methyl sites for hydroxylation is 2. The molecule has 0 unspecified atom stereocenters. The van der Waals surface area contributed by atoms with E-state index in [0.717, 1.165) is 12.1 Å². The van der Waals surface area contributed by atoms with E-state index in [-0.39, 0.29) is 11.8 Å². The number of hydrogen-bond acceptors (Lipinski definition) is 3. The van der Waals surface area contributed by atoms with Gasteiger partial charge in [0.05, 0.1) is 5.69 Å². The Morgan fingerprint density at radius 3 is 2.08 bits per heavy atom. The summed E-state index contributed by atoms with van der Waals surface area (Å²) in [6.45, 7) is 7.97. The van der Waals surface area contributed by atoms with Crippen molar-refractivity contribution in [2.45, 2.75) is 47.0 Å². The van der Waals surface area contributed by atoms with E-state index < -0.39 is 11.6 Å². The first-order chi connectivity index (χ1) is 11.4. The lowest BCUT2D eigenvalue weighted by atomic mass is 10.0. The van der Waals surface area contributed by atoms with E-state index in [2.05, 4.69) is 4.98 Å². The van der Waals surface area contributed by atoms with Gasteiger partial charge in [-0.2, -0.15) is 9.59 Å². The van der Waals surface area contributed by atoms with Gasteiger partial charge in [-0.3, -0.25) is 4.57 Å². The molecule has 0 fully saturated rings. The second-order valence-corrected chi connectivity index (χ2v) is 5.81. The van der Waals surface area contributed by atoms with Gasteiger partial charge in [0.15, 0.2) is 11.6 Å². The Kier molecular flexibility index (Phi) is 7.46. The monoisotopic (exact) mass is 336 g/mol. The van der Waals surface area contributed by atoms with Crippen molar-refractivity contribution in [2.75, 3.05) is 0 Å². The predicted octanol–water partition coefficient (Wildman–Crippen LogP) is 3.89. The van der Waals surface area contributed by atoms with Crippen LogP contribution in [0.25, 0.3) is 5.69 Å². The number of hydrogen-bond donors (Lipinski definition) is 0. The minimum Gasteiger partial charge on any atom is -0.298 e. The molecule has 2 rings (SSSR count). The molecule has 0 N–H and O–H groups in total. The van der Waals surface area contributed by atoms with E-state index in [1.54, 1.807) is 10.8 Å². The first-order valence-electron chi connectivity index (χ1n) is 7.92. The van der Waals surface area contributed by atoms with Crippen LogP contribution in [0.1, 0.15) is 44.8 Å². The molecular weight excluding hydrogens is 314 g/mol. The number of imidazole rings is 1. The number of halogens is 2. The summed E-state index contributed by atoms with van der Waals surface area (Å²) in [5.74, 6) is -0.0112. The molecule has 1 aromatic carbocycles. The van der Waals surface area contributed by atoms with Gasteiger partial charge in [0, 0.05) is 12.6 Å². The molecule has 0 spiro atoms. The van der Waals surface area contributed by atoms with E-state index >= 15 is 0 Å². The summed E-state index contributed by atoms with van der Waals surface area (Å²) >= 11 is 0. The summed E-state index contributed by atoms with van der Waals surface area (Å²) in [6, 6.07) is 2.87. The van der Waals surface area contributed by atoms with Gasteiger partial charge < -0.3 is 0 Å². The van der Waals surface area contributed by atoms with Crippen LogP contribution in [0.4, 0.5) is 8.78 Å². The zero-order valence-corrected chi connectivity index (χ0v) is 14.4. The molecular formula is C18H22F2N2O2. The number of aromatic nitrogens is 2. The van der Waals surface area contributed by atoms with Crippen molar-refractivity contribution >= 4 is 6.15 Å². The number of rotatable bonds is 5. The molecule has 1 heterocycles. The number of nitrogens with zero attached hydrogens (tertiary/aromatic N) is 2. The van der Waals surface area contributed by atoms with E-state index in [9.17, 15) is 8.78 Å². The van der Waals surface area contributed by atoms with Crippen molar-refractivity contribution in [2.24, 2.45) is 5.92 Å². The Balaban J connectivity index is 0.000000891. The molecule has 1 aromatic heterocycles. The van der Waals surface area contributed by atoms with Crippen LogP contribution in [0.2, 0.25) is 0 Å². The van der Waals surface area contributed by atoms with Crippen LogP contribution in [0.5, 0.6) is 0 Å². The molecule has 0 saturated carbocycles. The van der Waals surface area contributed by atoms with Crippen LogP contribution >= 0.6 is 0 Å². The Morgan fingerprint density at radius 1 is 1.12 bits per heavy atom. The van der Waals surface area contributed by atoms with Crippen LogP contribution in [-0.4, -0.2) is 15.7 Å². The fraction of sp³-hybridized carbons (Fsp3) is 0.444. The molecule has 6 heteroatoms. The molecule has 0 aliphatic rings. The number of benzene rings is 1. The summed E-state index contributed by atoms with van der Waals surface area (Å²) < 4.78 is 30.3. The standard InChI is InChI=1S/C17H22F2N2.CO2/c1-5-13-10-21(16(6-2)20-13)17-14(18)8-12(7-11(3)4)9-15(17)19;2-1-3/h8-11H,5-7H2,1-4H3;. The maximum atomic E-state index is 14.4. The lowest BCUT2D eigenvalue weighted by Gasteiger charge is -2.12. The Hall–Kier alpha value is -2.33. The van der Waals surface area contributed by atoms with Gasteiger partial charge in [-0.15, -0.1) is 0 Å². The molecule has 0 radical (unpaired) electrons. The van der Waals surface area contributed by atoms with Gasteiger partial charge in [0.2, 0.25) is 0 Å². The minimum absolute atomic E-state index is 0.0217. The highest BCUT2D eigenvalue weighted by atomic mass is 19.1. The summed E-state index contributed by atoms with van der Waals surface area (Å²) in [4.78, 5) is 20.7. The SMILES string of the molecule is CCc1cn(-c2c(F)cc(CC(C)C)cc2F)c(CC)n1.O=C=O. The van der Waals surface area contributed by atoms with Gasteiger partial charge in [0.1, 0.15) is 11.5 Å². The van der Waals surface area contributed by atoms with Crippen molar-refractivity contribution in [3.8, 4) is 5.69 Å². The van der Waals surface area contributed by atoms with Crippen LogP contribution in [0, 0.1) is 17.6 Å². The molecule has 2 aromatic rings. The first-order valence-corrected chi connectivity index (χ1v) is 7.92. The normalized spacial score (nSPS) is 10.3. The molecule has 130 valence electrons. The molecule has 0 bridgehead atoms. The van der Waals surface area contributed by atoms with Crippen molar-refractivity contribution in [3.63, 3.8) is 0 Å². The average Bonchev–Trinajstić information content (AvgIpc) is 2.89. The molecule has 0 amide bonds. The van der Waals surface area contributed by atoms with Crippen LogP contribution in [0.3, 0.4) is 0 Å².